The molecule has 1 saturated carbocycles. The van der Waals surface area contributed by atoms with Gasteiger partial charge < -0.3 is 20.9 Å². The van der Waals surface area contributed by atoms with Crippen molar-refractivity contribution in [2.24, 2.45) is 28.1 Å². The lowest BCUT2D eigenvalue weighted by Gasteiger charge is -2.39. The second-order valence-corrected chi connectivity index (χ2v) is 16.1. The molecule has 0 bridgehead atoms. The third-order valence-corrected chi connectivity index (χ3v) is 10.1. The Balaban J connectivity index is 1.82. The van der Waals surface area contributed by atoms with Crippen LogP contribution in [0.25, 0.3) is 0 Å². The molecule has 1 aliphatic carbocycles. The monoisotopic (exact) mass is 645 g/mol. The van der Waals surface area contributed by atoms with E-state index in [2.05, 4.69) is 29.8 Å². The highest BCUT2D eigenvalue weighted by Gasteiger charge is 2.70. The molecule has 3 rings (SSSR count). The van der Waals surface area contributed by atoms with Gasteiger partial charge in [-0.2, -0.15) is 0 Å². The molecule has 2 heterocycles. The minimum atomic E-state index is -1.02. The second kappa shape index (κ2) is 13.8. The van der Waals surface area contributed by atoms with E-state index in [0.717, 1.165) is 6.42 Å². The van der Waals surface area contributed by atoms with E-state index in [4.69, 9.17) is 0 Å². The first-order chi connectivity index (χ1) is 21.1. The molecule has 6 amide bonds. The summed E-state index contributed by atoms with van der Waals surface area (Å²) in [6.45, 7) is 18.8. The minimum absolute atomic E-state index is 0.0215. The van der Waals surface area contributed by atoms with Crippen molar-refractivity contribution in [3.05, 3.63) is 0 Å². The summed E-state index contributed by atoms with van der Waals surface area (Å²) in [5.74, 6) is -2.76. The number of unbranched alkanes of at least 4 members (excludes halogenated alkanes) is 1. The zero-order valence-electron chi connectivity index (χ0n) is 29.4. The van der Waals surface area contributed by atoms with Crippen molar-refractivity contribution in [3.63, 3.8) is 0 Å². The molecule has 0 aromatic carbocycles. The van der Waals surface area contributed by atoms with Crippen LogP contribution in [0.4, 0.5) is 4.79 Å². The molecule has 1 unspecified atom stereocenters. The number of fused-ring (bicyclic) bond motifs is 1. The Morgan fingerprint density at radius 3 is 2.00 bits per heavy atom. The summed E-state index contributed by atoms with van der Waals surface area (Å²) < 4.78 is 0. The molecule has 3 N–H and O–H groups in total. The normalized spacial score (nSPS) is 24.4. The zero-order chi connectivity index (χ0) is 34.9. The van der Waals surface area contributed by atoms with Gasteiger partial charge in [-0.3, -0.25) is 33.7 Å². The molecular formula is C34H55N5O7. The van der Waals surface area contributed by atoms with Crippen LogP contribution >= 0.6 is 0 Å². The number of hydrogen-bond acceptors (Lipinski definition) is 7. The Hall–Kier alpha value is -3.31. The number of carbonyl (C=O) groups is 7. The van der Waals surface area contributed by atoms with Gasteiger partial charge in [0.1, 0.15) is 12.1 Å². The molecule has 258 valence electrons. The number of carbonyl (C=O) groups excluding carboxylic acids is 7. The average molecular weight is 646 g/mol. The quantitative estimate of drug-likeness (QED) is 0.217. The summed E-state index contributed by atoms with van der Waals surface area (Å²) in [5, 5.41) is 8.56. The highest BCUT2D eigenvalue weighted by atomic mass is 16.2. The fraction of sp³-hybridized carbons (Fsp3) is 0.794. The number of amides is 6. The van der Waals surface area contributed by atoms with Gasteiger partial charge in [0, 0.05) is 32.9 Å². The molecule has 46 heavy (non-hydrogen) atoms. The SMILES string of the molecule is CCCCC(NC(=O)[C@@H]1[C@@H]2[C@H](CN1C(=O)[C@@H](NC(=O)N[C@H](CN1C(=O)CCCC1=O)C(C)(C)C)C(C)(C)C)C2(C)C)C(=O)C(C)=O. The van der Waals surface area contributed by atoms with Crippen LogP contribution in [-0.2, 0) is 28.8 Å². The van der Waals surface area contributed by atoms with Gasteiger partial charge in [-0.25, -0.2) is 4.79 Å². The van der Waals surface area contributed by atoms with E-state index < -0.39 is 64.4 Å². The number of Topliss-reactive ketones (excluding diaryl/α,β-unsaturated/α-hetero) is 2. The van der Waals surface area contributed by atoms with E-state index in [0.29, 0.717) is 25.8 Å². The molecule has 2 aliphatic heterocycles. The van der Waals surface area contributed by atoms with Gasteiger partial charge in [-0.1, -0.05) is 75.2 Å². The third kappa shape index (κ3) is 8.15. The third-order valence-electron chi connectivity index (χ3n) is 10.1. The lowest BCUT2D eigenvalue weighted by Crippen LogP contribution is -2.63. The maximum absolute atomic E-state index is 14.3. The molecule has 3 aliphatic rings. The molecule has 0 spiro atoms. The number of likely N-dealkylation sites (tertiary alicyclic amines) is 2. The number of piperidine rings is 2. The molecule has 12 nitrogen and oxygen atoms in total. The Kier molecular flexibility index (Phi) is 11.2. The molecule has 6 atom stereocenters. The van der Waals surface area contributed by atoms with Crippen molar-refractivity contribution in [1.82, 2.24) is 25.8 Å². The number of nitrogens with one attached hydrogen (secondary N) is 3. The summed E-state index contributed by atoms with van der Waals surface area (Å²) in [7, 11) is 0. The minimum Gasteiger partial charge on any atom is -0.344 e. The highest BCUT2D eigenvalue weighted by molar-refractivity contribution is 6.38. The van der Waals surface area contributed by atoms with Crippen LogP contribution in [0.2, 0.25) is 0 Å². The Morgan fingerprint density at radius 2 is 1.50 bits per heavy atom. The number of imide groups is 1. The standard InChI is InChI=1S/C34H55N5O7/c1-11-12-14-21(27(43)19(2)40)35-29(44)26-25-20(34(25,9)10)17-39(26)30(45)28(33(6,7)8)37-31(46)36-22(32(3,4)5)18-38-23(41)15-13-16-24(38)42/h20-22,25-26,28H,11-18H2,1-10H3,(H,35,44)(H2,36,37,46)/t20-,21?,22+,25-,26-,28+/m0/s1. The molecule has 0 aromatic heterocycles. The second-order valence-electron chi connectivity index (χ2n) is 16.1. The molecular weight excluding hydrogens is 590 g/mol. The summed E-state index contributed by atoms with van der Waals surface area (Å²) in [5.41, 5.74) is -1.46. The number of hydrogen-bond donors (Lipinski definition) is 3. The molecule has 12 heteroatoms. The predicted molar refractivity (Wildman–Crippen MR) is 172 cm³/mol. The van der Waals surface area contributed by atoms with E-state index >= 15 is 0 Å². The zero-order valence-corrected chi connectivity index (χ0v) is 29.4. The number of nitrogens with zero attached hydrogens (tertiary/aromatic N) is 2. The van der Waals surface area contributed by atoms with Crippen molar-refractivity contribution >= 4 is 41.2 Å². The van der Waals surface area contributed by atoms with Gasteiger partial charge in [0.05, 0.1) is 12.1 Å². The first-order valence-electron chi connectivity index (χ1n) is 16.7. The Morgan fingerprint density at radius 1 is 0.913 bits per heavy atom. The van der Waals surface area contributed by atoms with Crippen molar-refractivity contribution in [2.45, 2.75) is 132 Å². The van der Waals surface area contributed by atoms with Crippen LogP contribution in [0.5, 0.6) is 0 Å². The number of urea groups is 1. The van der Waals surface area contributed by atoms with Gasteiger partial charge >= 0.3 is 6.03 Å². The predicted octanol–water partition coefficient (Wildman–Crippen LogP) is 2.97. The van der Waals surface area contributed by atoms with Crippen LogP contribution in [0.3, 0.4) is 0 Å². The summed E-state index contributed by atoms with van der Waals surface area (Å²) >= 11 is 0. The van der Waals surface area contributed by atoms with Gasteiger partial charge in [-0.15, -0.1) is 0 Å². The first-order valence-corrected chi connectivity index (χ1v) is 16.7. The molecule has 0 radical (unpaired) electrons. The largest absolute Gasteiger partial charge is 0.344 e. The summed E-state index contributed by atoms with van der Waals surface area (Å²) in [6.07, 6.45) is 2.83. The maximum Gasteiger partial charge on any atom is 0.315 e. The topological polar surface area (TPSA) is 162 Å². The van der Waals surface area contributed by atoms with Crippen molar-refractivity contribution in [1.29, 1.82) is 0 Å². The number of ketones is 2. The van der Waals surface area contributed by atoms with E-state index in [-0.39, 0.29) is 48.5 Å². The fourth-order valence-corrected chi connectivity index (χ4v) is 6.86. The van der Waals surface area contributed by atoms with E-state index in [1.54, 1.807) is 0 Å². The lowest BCUT2D eigenvalue weighted by molar-refractivity contribution is -0.148. The number of rotatable bonds is 12. The summed E-state index contributed by atoms with van der Waals surface area (Å²) in [6, 6.07) is -4.05. The van der Waals surface area contributed by atoms with Crippen molar-refractivity contribution in [2.75, 3.05) is 13.1 Å². The molecule has 0 aromatic rings. The van der Waals surface area contributed by atoms with Gasteiger partial charge in [-0.05, 0) is 40.9 Å². The van der Waals surface area contributed by atoms with Crippen LogP contribution in [0, 0.1) is 28.1 Å². The summed E-state index contributed by atoms with van der Waals surface area (Å²) in [4.78, 5) is 94.0. The van der Waals surface area contributed by atoms with Crippen molar-refractivity contribution < 1.29 is 33.6 Å². The average Bonchev–Trinajstić information content (AvgIpc) is 3.25. The van der Waals surface area contributed by atoms with Gasteiger partial charge in [0.25, 0.3) is 0 Å². The lowest BCUT2D eigenvalue weighted by atomic mass is 9.84. The smallest absolute Gasteiger partial charge is 0.315 e. The van der Waals surface area contributed by atoms with Gasteiger partial charge in [0.15, 0.2) is 5.78 Å². The van der Waals surface area contributed by atoms with Crippen LogP contribution < -0.4 is 16.0 Å². The van der Waals surface area contributed by atoms with E-state index in [1.165, 1.54) is 16.7 Å². The van der Waals surface area contributed by atoms with Crippen LogP contribution in [0.1, 0.15) is 108 Å². The van der Waals surface area contributed by atoms with Gasteiger partial charge in [0.2, 0.25) is 29.4 Å². The first kappa shape index (κ1) is 37.2. The van der Waals surface area contributed by atoms with Crippen LogP contribution in [-0.4, -0.2) is 88.3 Å². The Labute approximate surface area is 273 Å². The van der Waals surface area contributed by atoms with E-state index in [9.17, 15) is 33.6 Å². The maximum atomic E-state index is 14.3. The molecule has 2 saturated heterocycles. The Bertz CT molecular complexity index is 1230. The van der Waals surface area contributed by atoms with Crippen molar-refractivity contribution in [3.8, 4) is 0 Å². The fourth-order valence-electron chi connectivity index (χ4n) is 6.86. The van der Waals surface area contributed by atoms with E-state index in [1.807, 2.05) is 48.5 Å². The highest BCUT2D eigenvalue weighted by Crippen LogP contribution is 2.65. The molecule has 3 fully saturated rings. The van der Waals surface area contributed by atoms with Crippen LogP contribution in [0.15, 0.2) is 0 Å².